The molecule has 4 rings (SSSR count). The standard InChI is InChI=1S/C20H21N3O2/c24-20(19-11-16-6-1-2-8-18(16)22-19)23-10-4-7-17(13-23)25-14-15-5-3-9-21-12-15/h1-3,5-6,8-9,11-12,17,22H,4,7,10,13-14H2. The third kappa shape index (κ3) is 3.56. The second-order valence-electron chi connectivity index (χ2n) is 6.46. The van der Waals surface area contributed by atoms with Crippen molar-refractivity contribution in [2.24, 2.45) is 0 Å². The minimum Gasteiger partial charge on any atom is -0.372 e. The minimum absolute atomic E-state index is 0.0471. The van der Waals surface area contributed by atoms with Crippen molar-refractivity contribution < 1.29 is 9.53 Å². The van der Waals surface area contributed by atoms with Gasteiger partial charge in [-0.3, -0.25) is 9.78 Å². The molecule has 1 aliphatic heterocycles. The molecule has 0 aliphatic carbocycles. The molecule has 1 N–H and O–H groups in total. The van der Waals surface area contributed by atoms with Crippen molar-refractivity contribution in [1.82, 2.24) is 14.9 Å². The average molecular weight is 335 g/mol. The Morgan fingerprint density at radius 2 is 2.20 bits per heavy atom. The summed E-state index contributed by atoms with van der Waals surface area (Å²) in [6, 6.07) is 13.8. The Hall–Kier alpha value is -2.66. The largest absolute Gasteiger partial charge is 0.372 e. The number of piperidine rings is 1. The lowest BCUT2D eigenvalue weighted by Crippen LogP contribution is -2.43. The van der Waals surface area contributed by atoms with E-state index in [4.69, 9.17) is 4.74 Å². The zero-order valence-corrected chi connectivity index (χ0v) is 14.0. The van der Waals surface area contributed by atoms with E-state index in [1.807, 2.05) is 53.6 Å². The summed E-state index contributed by atoms with van der Waals surface area (Å²) in [6.45, 7) is 1.95. The second-order valence-corrected chi connectivity index (χ2v) is 6.46. The van der Waals surface area contributed by atoms with Gasteiger partial charge in [0.2, 0.25) is 0 Å². The van der Waals surface area contributed by atoms with E-state index in [9.17, 15) is 4.79 Å². The van der Waals surface area contributed by atoms with Gasteiger partial charge in [0.25, 0.3) is 5.91 Å². The van der Waals surface area contributed by atoms with Crippen LogP contribution in [0.4, 0.5) is 0 Å². The molecule has 25 heavy (non-hydrogen) atoms. The van der Waals surface area contributed by atoms with E-state index >= 15 is 0 Å². The monoisotopic (exact) mass is 335 g/mol. The number of hydrogen-bond acceptors (Lipinski definition) is 3. The normalized spacial score (nSPS) is 17.8. The number of fused-ring (bicyclic) bond motifs is 1. The van der Waals surface area contributed by atoms with Gasteiger partial charge in [-0.05, 0) is 36.6 Å². The number of para-hydroxylation sites is 1. The van der Waals surface area contributed by atoms with E-state index in [-0.39, 0.29) is 12.0 Å². The van der Waals surface area contributed by atoms with Crippen LogP contribution < -0.4 is 0 Å². The number of ether oxygens (including phenoxy) is 1. The Bertz CT molecular complexity index is 827. The van der Waals surface area contributed by atoms with Gasteiger partial charge < -0.3 is 14.6 Å². The molecule has 5 nitrogen and oxygen atoms in total. The molecule has 1 atom stereocenters. The molecule has 1 aliphatic rings. The van der Waals surface area contributed by atoms with Crippen LogP contribution in [0.15, 0.2) is 54.9 Å². The van der Waals surface area contributed by atoms with E-state index in [0.717, 1.165) is 35.9 Å². The molecule has 0 radical (unpaired) electrons. The number of carbonyl (C=O) groups is 1. The summed E-state index contributed by atoms with van der Waals surface area (Å²) in [5.41, 5.74) is 2.70. The molecule has 3 aromatic rings. The molecular formula is C20H21N3O2. The molecule has 1 aromatic carbocycles. The van der Waals surface area contributed by atoms with Crippen molar-refractivity contribution in [3.63, 3.8) is 0 Å². The van der Waals surface area contributed by atoms with E-state index in [1.165, 1.54) is 0 Å². The fraction of sp³-hybridized carbons (Fsp3) is 0.300. The SMILES string of the molecule is O=C(c1cc2ccccc2[nH]1)N1CCCC(OCc2cccnc2)C1. The van der Waals surface area contributed by atoms with Gasteiger partial charge in [0.05, 0.1) is 12.7 Å². The van der Waals surface area contributed by atoms with Crippen LogP contribution in [-0.4, -0.2) is 40.0 Å². The van der Waals surface area contributed by atoms with E-state index < -0.39 is 0 Å². The Labute approximate surface area is 146 Å². The molecular weight excluding hydrogens is 314 g/mol. The molecule has 3 heterocycles. The first-order chi connectivity index (χ1) is 12.3. The number of aromatic amines is 1. The smallest absolute Gasteiger partial charge is 0.270 e. The van der Waals surface area contributed by atoms with Crippen molar-refractivity contribution in [3.05, 3.63) is 66.1 Å². The van der Waals surface area contributed by atoms with Crippen molar-refractivity contribution in [2.45, 2.75) is 25.6 Å². The first-order valence-corrected chi connectivity index (χ1v) is 8.67. The lowest BCUT2D eigenvalue weighted by Gasteiger charge is -2.32. The highest BCUT2D eigenvalue weighted by Gasteiger charge is 2.25. The van der Waals surface area contributed by atoms with Crippen LogP contribution in [0.25, 0.3) is 10.9 Å². The topological polar surface area (TPSA) is 58.2 Å². The Balaban J connectivity index is 1.40. The molecule has 5 heteroatoms. The number of carbonyl (C=O) groups excluding carboxylic acids is 1. The predicted octanol–water partition coefficient (Wildman–Crippen LogP) is 3.38. The van der Waals surface area contributed by atoms with Crippen LogP contribution >= 0.6 is 0 Å². The van der Waals surface area contributed by atoms with Crippen molar-refractivity contribution >= 4 is 16.8 Å². The van der Waals surface area contributed by atoms with Crippen LogP contribution in [0.1, 0.15) is 28.9 Å². The molecule has 0 spiro atoms. The number of nitrogens with one attached hydrogen (secondary N) is 1. The zero-order chi connectivity index (χ0) is 17.1. The number of hydrogen-bond donors (Lipinski definition) is 1. The molecule has 1 unspecified atom stereocenters. The second kappa shape index (κ2) is 7.07. The lowest BCUT2D eigenvalue weighted by molar-refractivity contribution is -0.00694. The van der Waals surface area contributed by atoms with Gasteiger partial charge in [0.1, 0.15) is 5.69 Å². The van der Waals surface area contributed by atoms with Crippen LogP contribution in [0, 0.1) is 0 Å². The predicted molar refractivity (Wildman–Crippen MR) is 96.3 cm³/mol. The Morgan fingerprint density at radius 3 is 3.04 bits per heavy atom. The highest BCUT2D eigenvalue weighted by atomic mass is 16.5. The number of nitrogens with zero attached hydrogens (tertiary/aromatic N) is 2. The maximum absolute atomic E-state index is 12.8. The number of pyridine rings is 1. The van der Waals surface area contributed by atoms with Crippen molar-refractivity contribution in [3.8, 4) is 0 Å². The highest BCUT2D eigenvalue weighted by Crippen LogP contribution is 2.20. The molecule has 1 amide bonds. The third-order valence-electron chi connectivity index (χ3n) is 4.63. The first kappa shape index (κ1) is 15.8. The zero-order valence-electron chi connectivity index (χ0n) is 14.0. The van der Waals surface area contributed by atoms with Gasteiger partial charge in [-0.1, -0.05) is 24.3 Å². The summed E-state index contributed by atoms with van der Waals surface area (Å²) >= 11 is 0. The molecule has 0 bridgehead atoms. The summed E-state index contributed by atoms with van der Waals surface area (Å²) in [6.07, 6.45) is 5.59. The maximum atomic E-state index is 12.8. The number of likely N-dealkylation sites (tertiary alicyclic amines) is 1. The summed E-state index contributed by atoms with van der Waals surface area (Å²) < 4.78 is 6.00. The summed E-state index contributed by atoms with van der Waals surface area (Å²) in [7, 11) is 0. The number of aromatic nitrogens is 2. The molecule has 1 fully saturated rings. The molecule has 128 valence electrons. The van der Waals surface area contributed by atoms with Gasteiger partial charge in [-0.15, -0.1) is 0 Å². The number of benzene rings is 1. The summed E-state index contributed by atoms with van der Waals surface area (Å²) in [5.74, 6) is 0.0471. The Morgan fingerprint density at radius 1 is 1.28 bits per heavy atom. The lowest BCUT2D eigenvalue weighted by atomic mass is 10.1. The Kier molecular flexibility index (Phi) is 4.48. The fourth-order valence-electron chi connectivity index (χ4n) is 3.32. The minimum atomic E-state index is 0.0471. The summed E-state index contributed by atoms with van der Waals surface area (Å²) in [5, 5.41) is 1.06. The van der Waals surface area contributed by atoms with E-state index in [2.05, 4.69) is 9.97 Å². The third-order valence-corrected chi connectivity index (χ3v) is 4.63. The first-order valence-electron chi connectivity index (χ1n) is 8.67. The quantitative estimate of drug-likeness (QED) is 0.795. The van der Waals surface area contributed by atoms with E-state index in [1.54, 1.807) is 6.20 Å². The number of amides is 1. The van der Waals surface area contributed by atoms with Crippen LogP contribution in [0.2, 0.25) is 0 Å². The van der Waals surface area contributed by atoms with Crippen molar-refractivity contribution in [2.75, 3.05) is 13.1 Å². The number of rotatable bonds is 4. The molecule has 1 saturated heterocycles. The highest BCUT2D eigenvalue weighted by molar-refractivity contribution is 5.98. The average Bonchev–Trinajstić information content (AvgIpc) is 3.11. The summed E-state index contributed by atoms with van der Waals surface area (Å²) in [4.78, 5) is 22.0. The van der Waals surface area contributed by atoms with Gasteiger partial charge in [0.15, 0.2) is 0 Å². The van der Waals surface area contributed by atoms with Gasteiger partial charge in [-0.25, -0.2) is 0 Å². The molecule has 0 saturated carbocycles. The maximum Gasteiger partial charge on any atom is 0.270 e. The van der Waals surface area contributed by atoms with Gasteiger partial charge >= 0.3 is 0 Å². The van der Waals surface area contributed by atoms with Gasteiger partial charge in [0, 0.05) is 36.4 Å². The molecule has 2 aromatic heterocycles. The van der Waals surface area contributed by atoms with E-state index in [0.29, 0.717) is 18.8 Å². The fourth-order valence-corrected chi connectivity index (χ4v) is 3.32. The van der Waals surface area contributed by atoms with Crippen LogP contribution in [-0.2, 0) is 11.3 Å². The van der Waals surface area contributed by atoms with Gasteiger partial charge in [-0.2, -0.15) is 0 Å². The van der Waals surface area contributed by atoms with Crippen LogP contribution in [0.3, 0.4) is 0 Å². The van der Waals surface area contributed by atoms with Crippen LogP contribution in [0.5, 0.6) is 0 Å². The van der Waals surface area contributed by atoms with Crippen molar-refractivity contribution in [1.29, 1.82) is 0 Å². The number of H-pyrrole nitrogens is 1.